The maximum atomic E-state index is 6.74. The molecule has 0 aliphatic rings. The maximum absolute atomic E-state index is 6.74. The van der Waals surface area contributed by atoms with Crippen molar-refractivity contribution in [1.82, 2.24) is 4.57 Å². The number of rotatable bonds is 6. The van der Waals surface area contributed by atoms with E-state index >= 15 is 0 Å². The number of furan rings is 1. The Morgan fingerprint density at radius 1 is 0.373 bits per heavy atom. The van der Waals surface area contributed by atoms with Gasteiger partial charge in [0.05, 0.1) is 22.1 Å². The number of fused-ring (bicyclic) bond motifs is 9. The summed E-state index contributed by atoms with van der Waals surface area (Å²) in [4.78, 5) is 2.40. The Labute approximate surface area is 341 Å². The molecule has 276 valence electrons. The van der Waals surface area contributed by atoms with Crippen LogP contribution in [0.25, 0.3) is 93.2 Å². The highest BCUT2D eigenvalue weighted by atomic mass is 16.3. The van der Waals surface area contributed by atoms with Crippen LogP contribution < -0.4 is 4.90 Å². The molecule has 2 heterocycles. The smallest absolute Gasteiger partial charge is 0.143 e. The standard InChI is InChI=1S/C56H36N2O/c1-3-14-38(15-4-1)50-35-41(34-40-17-8-9-20-45(40)50)37-26-29-43(30-27-37)57(52-24-13-25-54-55(52)49-32-28-39-16-7-10-21-46(39)56(49)59-54)44-31-33-48-47-22-11-12-23-51(47)58(53(48)36-44)42-18-5-2-6-19-42/h1-36H. The van der Waals surface area contributed by atoms with Crippen LogP contribution in [0, 0.1) is 0 Å². The highest BCUT2D eigenvalue weighted by Crippen LogP contribution is 2.46. The summed E-state index contributed by atoms with van der Waals surface area (Å²) in [6.07, 6.45) is 0. The number of benzene rings is 10. The van der Waals surface area contributed by atoms with Crippen LogP contribution in [0.1, 0.15) is 0 Å². The lowest BCUT2D eigenvalue weighted by Crippen LogP contribution is -2.10. The summed E-state index contributed by atoms with van der Waals surface area (Å²) in [5.41, 5.74) is 13.2. The molecule has 12 aromatic rings. The predicted molar refractivity (Wildman–Crippen MR) is 249 cm³/mol. The van der Waals surface area contributed by atoms with Crippen LogP contribution in [0.5, 0.6) is 0 Å². The average Bonchev–Trinajstić information content (AvgIpc) is 3.86. The molecule has 10 aromatic carbocycles. The number of aromatic nitrogens is 1. The Kier molecular flexibility index (Phi) is 7.54. The van der Waals surface area contributed by atoms with E-state index in [1.54, 1.807) is 0 Å². The van der Waals surface area contributed by atoms with E-state index in [9.17, 15) is 0 Å². The van der Waals surface area contributed by atoms with Gasteiger partial charge in [0.25, 0.3) is 0 Å². The van der Waals surface area contributed by atoms with E-state index in [1.165, 1.54) is 43.8 Å². The summed E-state index contributed by atoms with van der Waals surface area (Å²) in [6, 6.07) is 78.7. The second kappa shape index (κ2) is 13.4. The quantitative estimate of drug-likeness (QED) is 0.169. The summed E-state index contributed by atoms with van der Waals surface area (Å²) < 4.78 is 9.13. The minimum atomic E-state index is 0.861. The van der Waals surface area contributed by atoms with Gasteiger partial charge in [0.15, 0.2) is 0 Å². The molecule has 59 heavy (non-hydrogen) atoms. The molecule has 0 fully saturated rings. The van der Waals surface area contributed by atoms with E-state index in [-0.39, 0.29) is 0 Å². The van der Waals surface area contributed by atoms with Gasteiger partial charge in [-0.1, -0.05) is 146 Å². The molecule has 0 saturated carbocycles. The molecule has 0 N–H and O–H groups in total. The van der Waals surface area contributed by atoms with Crippen LogP contribution in [0.2, 0.25) is 0 Å². The van der Waals surface area contributed by atoms with Crippen LogP contribution in [-0.4, -0.2) is 4.57 Å². The highest BCUT2D eigenvalue weighted by Gasteiger charge is 2.22. The van der Waals surface area contributed by atoms with Crippen LogP contribution in [0.4, 0.5) is 17.1 Å². The summed E-state index contributed by atoms with van der Waals surface area (Å²) in [5.74, 6) is 0. The third kappa shape index (κ3) is 5.36. The van der Waals surface area contributed by atoms with Gasteiger partial charge in [-0.25, -0.2) is 0 Å². The van der Waals surface area contributed by atoms with Gasteiger partial charge in [-0.2, -0.15) is 0 Å². The molecule has 2 aromatic heterocycles. The Balaban J connectivity index is 1.09. The van der Waals surface area contributed by atoms with E-state index < -0.39 is 0 Å². The van der Waals surface area contributed by atoms with Crippen LogP contribution in [-0.2, 0) is 0 Å². The van der Waals surface area contributed by atoms with E-state index in [2.05, 4.69) is 228 Å². The first-order valence-electron chi connectivity index (χ1n) is 20.2. The van der Waals surface area contributed by atoms with Gasteiger partial charge in [-0.05, 0) is 111 Å². The van der Waals surface area contributed by atoms with E-state index in [4.69, 9.17) is 4.42 Å². The molecule has 0 unspecified atom stereocenters. The highest BCUT2D eigenvalue weighted by molar-refractivity contribution is 6.20. The van der Waals surface area contributed by atoms with Gasteiger partial charge in [0.1, 0.15) is 11.2 Å². The van der Waals surface area contributed by atoms with Gasteiger partial charge >= 0.3 is 0 Å². The second-order valence-electron chi connectivity index (χ2n) is 15.3. The van der Waals surface area contributed by atoms with E-state index in [0.717, 1.165) is 66.5 Å². The minimum Gasteiger partial charge on any atom is -0.455 e. The van der Waals surface area contributed by atoms with Crippen molar-refractivity contribution < 1.29 is 4.42 Å². The van der Waals surface area contributed by atoms with E-state index in [0.29, 0.717) is 0 Å². The third-order valence-corrected chi connectivity index (χ3v) is 11.9. The zero-order valence-electron chi connectivity index (χ0n) is 32.1. The van der Waals surface area contributed by atoms with Gasteiger partial charge in [0, 0.05) is 38.6 Å². The molecular formula is C56H36N2O. The number of hydrogen-bond donors (Lipinski definition) is 0. The molecule has 3 heteroatoms. The second-order valence-corrected chi connectivity index (χ2v) is 15.3. The number of nitrogens with zero attached hydrogens (tertiary/aromatic N) is 2. The molecule has 0 amide bonds. The van der Waals surface area contributed by atoms with Crippen molar-refractivity contribution in [3.05, 3.63) is 218 Å². The normalized spacial score (nSPS) is 11.7. The first-order valence-corrected chi connectivity index (χ1v) is 20.2. The minimum absolute atomic E-state index is 0.861. The molecule has 12 rings (SSSR count). The SMILES string of the molecule is c1ccc(-c2cc(-c3ccc(N(c4ccc5c6ccccc6n(-c6ccccc6)c5c4)c4cccc5oc6c7ccccc7ccc6c45)cc3)cc3ccccc23)cc1. The van der Waals surface area contributed by atoms with Crippen molar-refractivity contribution in [1.29, 1.82) is 0 Å². The van der Waals surface area contributed by atoms with Gasteiger partial charge in [0.2, 0.25) is 0 Å². The monoisotopic (exact) mass is 752 g/mol. The zero-order valence-corrected chi connectivity index (χ0v) is 32.1. The van der Waals surface area contributed by atoms with Crippen LogP contribution >= 0.6 is 0 Å². The summed E-state index contributed by atoms with van der Waals surface area (Å²) in [5, 5.41) is 9.38. The van der Waals surface area contributed by atoms with Crippen molar-refractivity contribution in [2.75, 3.05) is 4.90 Å². The van der Waals surface area contributed by atoms with Gasteiger partial charge in [-0.3, -0.25) is 0 Å². The Morgan fingerprint density at radius 2 is 1.03 bits per heavy atom. The van der Waals surface area contributed by atoms with Crippen molar-refractivity contribution in [2.45, 2.75) is 0 Å². The lowest BCUT2D eigenvalue weighted by molar-refractivity contribution is 0.672. The largest absolute Gasteiger partial charge is 0.455 e. The molecule has 0 radical (unpaired) electrons. The van der Waals surface area contributed by atoms with Crippen molar-refractivity contribution in [2.24, 2.45) is 0 Å². The fourth-order valence-corrected chi connectivity index (χ4v) is 9.24. The average molecular weight is 753 g/mol. The number of hydrogen-bond acceptors (Lipinski definition) is 2. The summed E-state index contributed by atoms with van der Waals surface area (Å²) in [7, 11) is 0. The Bertz CT molecular complexity index is 3540. The van der Waals surface area contributed by atoms with Crippen LogP contribution in [0.15, 0.2) is 223 Å². The zero-order chi connectivity index (χ0) is 38.9. The molecule has 0 aliphatic heterocycles. The topological polar surface area (TPSA) is 21.3 Å². The lowest BCUT2D eigenvalue weighted by Gasteiger charge is -2.27. The number of anilines is 3. The molecule has 0 atom stereocenters. The first-order chi connectivity index (χ1) is 29.3. The maximum Gasteiger partial charge on any atom is 0.143 e. The molecule has 0 bridgehead atoms. The van der Waals surface area contributed by atoms with Crippen molar-refractivity contribution in [3.8, 4) is 27.9 Å². The fourth-order valence-electron chi connectivity index (χ4n) is 9.24. The summed E-state index contributed by atoms with van der Waals surface area (Å²) >= 11 is 0. The summed E-state index contributed by atoms with van der Waals surface area (Å²) in [6.45, 7) is 0. The third-order valence-electron chi connectivity index (χ3n) is 11.9. The van der Waals surface area contributed by atoms with Crippen molar-refractivity contribution >= 4 is 82.4 Å². The first kappa shape index (κ1) is 33.3. The van der Waals surface area contributed by atoms with Gasteiger partial charge in [-0.15, -0.1) is 0 Å². The molecular weight excluding hydrogens is 717 g/mol. The van der Waals surface area contributed by atoms with Crippen molar-refractivity contribution in [3.63, 3.8) is 0 Å². The molecule has 0 saturated heterocycles. The van der Waals surface area contributed by atoms with Gasteiger partial charge < -0.3 is 13.9 Å². The predicted octanol–water partition coefficient (Wildman–Crippen LogP) is 15.8. The Hall–Kier alpha value is -7.88. The fraction of sp³-hybridized carbons (Fsp3) is 0. The van der Waals surface area contributed by atoms with E-state index in [1.807, 2.05) is 0 Å². The Morgan fingerprint density at radius 3 is 1.86 bits per heavy atom. The molecule has 3 nitrogen and oxygen atoms in total. The molecule has 0 spiro atoms. The lowest BCUT2D eigenvalue weighted by atomic mass is 9.93. The number of para-hydroxylation sites is 2. The van der Waals surface area contributed by atoms with Crippen LogP contribution in [0.3, 0.4) is 0 Å². The molecule has 0 aliphatic carbocycles.